The molecular weight excluding hydrogens is 206 g/mol. The molecule has 2 heteroatoms. The highest BCUT2D eigenvalue weighted by atomic mass is 35.5. The summed E-state index contributed by atoms with van der Waals surface area (Å²) in [6.45, 7) is 0.674. The molecule has 0 atom stereocenters. The lowest BCUT2D eigenvalue weighted by atomic mass is 9.76. The Labute approximate surface area is 95.8 Å². The second kappa shape index (κ2) is 4.70. The number of halogens is 1. The van der Waals surface area contributed by atoms with Crippen molar-refractivity contribution in [1.82, 2.24) is 5.32 Å². The molecule has 1 N–H and O–H groups in total. The Morgan fingerprint density at radius 3 is 2.93 bits per heavy atom. The summed E-state index contributed by atoms with van der Waals surface area (Å²) in [5, 5.41) is 4.14. The molecule has 15 heavy (non-hydrogen) atoms. The summed E-state index contributed by atoms with van der Waals surface area (Å²) in [6, 6.07) is 8.72. The molecule has 1 aliphatic rings. The maximum absolute atomic E-state index is 5.95. The predicted octanol–water partition coefficient (Wildman–Crippen LogP) is 2.81. The van der Waals surface area contributed by atoms with Gasteiger partial charge in [0.2, 0.25) is 0 Å². The van der Waals surface area contributed by atoms with Gasteiger partial charge in [0.1, 0.15) is 0 Å². The second-order valence-corrected chi connectivity index (χ2v) is 4.44. The quantitative estimate of drug-likeness (QED) is 0.771. The molecule has 0 unspecified atom stereocenters. The van der Waals surface area contributed by atoms with E-state index in [9.17, 15) is 0 Å². The molecular formula is C13H14ClN. The molecule has 78 valence electrons. The smallest absolute Gasteiger partial charge is 0.0575 e. The van der Waals surface area contributed by atoms with Gasteiger partial charge in [-0.1, -0.05) is 29.7 Å². The highest BCUT2D eigenvalue weighted by Crippen LogP contribution is 2.37. The van der Waals surface area contributed by atoms with Gasteiger partial charge in [0.15, 0.2) is 0 Å². The molecule has 0 radical (unpaired) electrons. The number of terminal acetylenes is 1. The van der Waals surface area contributed by atoms with Crippen LogP contribution >= 0.6 is 11.6 Å². The van der Waals surface area contributed by atoms with Crippen molar-refractivity contribution in [3.8, 4) is 12.3 Å². The first-order valence-corrected chi connectivity index (χ1v) is 5.59. The third-order valence-corrected chi connectivity index (χ3v) is 3.19. The van der Waals surface area contributed by atoms with Crippen LogP contribution in [0.4, 0.5) is 0 Å². The minimum Gasteiger partial charge on any atom is -0.303 e. The zero-order chi connectivity index (χ0) is 10.7. The lowest BCUT2D eigenvalue weighted by Gasteiger charge is -2.36. The SMILES string of the molecule is C#CCNC1CC(c2cccc(Cl)c2)C1. The van der Waals surface area contributed by atoms with E-state index < -0.39 is 0 Å². The summed E-state index contributed by atoms with van der Waals surface area (Å²) in [5.74, 6) is 3.25. The number of nitrogens with one attached hydrogen (secondary N) is 1. The lowest BCUT2D eigenvalue weighted by Crippen LogP contribution is -2.40. The fourth-order valence-electron chi connectivity index (χ4n) is 2.02. The van der Waals surface area contributed by atoms with E-state index in [2.05, 4.69) is 23.4 Å². The van der Waals surface area contributed by atoms with Crippen LogP contribution in [0.1, 0.15) is 24.3 Å². The third-order valence-electron chi connectivity index (χ3n) is 2.95. The summed E-state index contributed by atoms with van der Waals surface area (Å²) in [5.41, 5.74) is 1.35. The summed E-state index contributed by atoms with van der Waals surface area (Å²) in [4.78, 5) is 0. The molecule has 1 aromatic rings. The van der Waals surface area contributed by atoms with Gasteiger partial charge < -0.3 is 5.32 Å². The monoisotopic (exact) mass is 219 g/mol. The summed E-state index contributed by atoms with van der Waals surface area (Å²) in [6.07, 6.45) is 7.53. The van der Waals surface area contributed by atoms with Crippen LogP contribution in [-0.2, 0) is 0 Å². The van der Waals surface area contributed by atoms with Gasteiger partial charge in [-0.3, -0.25) is 0 Å². The molecule has 0 bridgehead atoms. The first-order chi connectivity index (χ1) is 7.29. The van der Waals surface area contributed by atoms with Crippen LogP contribution in [0, 0.1) is 12.3 Å². The number of benzene rings is 1. The Morgan fingerprint density at radius 2 is 2.27 bits per heavy atom. The lowest BCUT2D eigenvalue weighted by molar-refractivity contribution is 0.301. The van der Waals surface area contributed by atoms with E-state index in [-0.39, 0.29) is 0 Å². The molecule has 0 spiro atoms. The van der Waals surface area contributed by atoms with Gasteiger partial charge in [0, 0.05) is 11.1 Å². The Kier molecular flexibility index (Phi) is 3.30. The first kappa shape index (κ1) is 10.5. The van der Waals surface area contributed by atoms with Crippen molar-refractivity contribution in [2.24, 2.45) is 0 Å². The summed E-state index contributed by atoms with van der Waals surface area (Å²) >= 11 is 5.95. The van der Waals surface area contributed by atoms with Gasteiger partial charge in [-0.2, -0.15) is 0 Å². The van der Waals surface area contributed by atoms with E-state index in [0.717, 1.165) is 5.02 Å². The molecule has 1 saturated carbocycles. The zero-order valence-corrected chi connectivity index (χ0v) is 9.30. The van der Waals surface area contributed by atoms with Crippen LogP contribution in [0.3, 0.4) is 0 Å². The maximum atomic E-state index is 5.95. The molecule has 0 amide bonds. The van der Waals surface area contributed by atoms with E-state index in [1.165, 1.54) is 18.4 Å². The van der Waals surface area contributed by atoms with E-state index in [1.54, 1.807) is 0 Å². The Morgan fingerprint density at radius 1 is 1.47 bits per heavy atom. The van der Waals surface area contributed by atoms with Crippen LogP contribution < -0.4 is 5.32 Å². The van der Waals surface area contributed by atoms with Crippen LogP contribution in [0.5, 0.6) is 0 Å². The van der Waals surface area contributed by atoms with Crippen molar-refractivity contribution in [2.75, 3.05) is 6.54 Å². The summed E-state index contributed by atoms with van der Waals surface area (Å²) < 4.78 is 0. The molecule has 0 heterocycles. The first-order valence-electron chi connectivity index (χ1n) is 5.22. The molecule has 2 rings (SSSR count). The summed E-state index contributed by atoms with van der Waals surface area (Å²) in [7, 11) is 0. The molecule has 0 saturated heterocycles. The van der Waals surface area contributed by atoms with Gasteiger partial charge >= 0.3 is 0 Å². The van der Waals surface area contributed by atoms with Gasteiger partial charge in [-0.15, -0.1) is 6.42 Å². The average molecular weight is 220 g/mol. The number of hydrogen-bond donors (Lipinski definition) is 1. The van der Waals surface area contributed by atoms with Gasteiger partial charge in [-0.05, 0) is 36.5 Å². The van der Waals surface area contributed by atoms with Crippen molar-refractivity contribution in [3.63, 3.8) is 0 Å². The van der Waals surface area contributed by atoms with Crippen molar-refractivity contribution >= 4 is 11.6 Å². The van der Waals surface area contributed by atoms with E-state index >= 15 is 0 Å². The highest BCUT2D eigenvalue weighted by Gasteiger charge is 2.29. The van der Waals surface area contributed by atoms with Crippen molar-refractivity contribution in [1.29, 1.82) is 0 Å². The van der Waals surface area contributed by atoms with Crippen molar-refractivity contribution in [2.45, 2.75) is 24.8 Å². The Bertz CT molecular complexity index is 374. The molecule has 1 nitrogen and oxygen atoms in total. The Balaban J connectivity index is 1.87. The second-order valence-electron chi connectivity index (χ2n) is 4.01. The van der Waals surface area contributed by atoms with Crippen molar-refractivity contribution in [3.05, 3.63) is 34.9 Å². The molecule has 1 aliphatic carbocycles. The van der Waals surface area contributed by atoms with Gasteiger partial charge in [0.05, 0.1) is 6.54 Å². The van der Waals surface area contributed by atoms with Crippen LogP contribution in [0.2, 0.25) is 5.02 Å². The van der Waals surface area contributed by atoms with Gasteiger partial charge in [0.25, 0.3) is 0 Å². The van der Waals surface area contributed by atoms with Crippen LogP contribution in [0.25, 0.3) is 0 Å². The average Bonchev–Trinajstić information content (AvgIpc) is 2.16. The molecule has 1 aromatic carbocycles. The van der Waals surface area contributed by atoms with Crippen LogP contribution in [0.15, 0.2) is 24.3 Å². The molecule has 0 aliphatic heterocycles. The van der Waals surface area contributed by atoms with E-state index in [1.807, 2.05) is 12.1 Å². The van der Waals surface area contributed by atoms with Crippen LogP contribution in [-0.4, -0.2) is 12.6 Å². The minimum atomic E-state index is 0.588. The standard InChI is InChI=1S/C13H14ClN/c1-2-6-15-13-8-11(9-13)10-4-3-5-12(14)7-10/h1,3-5,7,11,13,15H,6,8-9H2. The fraction of sp³-hybridized carbons (Fsp3) is 0.385. The largest absolute Gasteiger partial charge is 0.303 e. The minimum absolute atomic E-state index is 0.588. The topological polar surface area (TPSA) is 12.0 Å². The van der Waals surface area contributed by atoms with Crippen molar-refractivity contribution < 1.29 is 0 Å². The molecule has 0 aromatic heterocycles. The van der Waals surface area contributed by atoms with E-state index in [4.69, 9.17) is 18.0 Å². The zero-order valence-electron chi connectivity index (χ0n) is 8.54. The normalized spacial score (nSPS) is 24.3. The molecule has 1 fully saturated rings. The third kappa shape index (κ3) is 2.53. The predicted molar refractivity (Wildman–Crippen MR) is 64.1 cm³/mol. The number of hydrogen-bond acceptors (Lipinski definition) is 1. The highest BCUT2D eigenvalue weighted by molar-refractivity contribution is 6.30. The van der Waals surface area contributed by atoms with E-state index in [0.29, 0.717) is 18.5 Å². The Hall–Kier alpha value is -0.970. The van der Waals surface area contributed by atoms with Gasteiger partial charge in [-0.25, -0.2) is 0 Å². The fourth-order valence-corrected chi connectivity index (χ4v) is 2.22. The number of rotatable bonds is 3. The maximum Gasteiger partial charge on any atom is 0.0575 e.